The molecule has 1 aromatic rings. The fraction of sp³-hybridized carbons (Fsp3) is 0.500. The largest absolute Gasteiger partial charge is 0.449 e. The number of halogens is 3. The summed E-state index contributed by atoms with van der Waals surface area (Å²) in [6.07, 6.45) is -3.22. The Balaban J connectivity index is 2.77. The van der Waals surface area contributed by atoms with Gasteiger partial charge in [0.25, 0.3) is 0 Å². The first-order valence-corrected chi connectivity index (χ1v) is 3.29. The summed E-state index contributed by atoms with van der Waals surface area (Å²) in [5, 5.41) is 2.71. The van der Waals surface area contributed by atoms with Crippen LogP contribution in [0.5, 0.6) is 0 Å². The van der Waals surface area contributed by atoms with Gasteiger partial charge in [0.05, 0.1) is 0 Å². The highest BCUT2D eigenvalue weighted by Crippen LogP contribution is 2.25. The van der Waals surface area contributed by atoms with E-state index in [1.807, 2.05) is 0 Å². The minimum absolute atomic E-state index is 0.350. The number of hydrogen-bond acceptors (Lipinski definition) is 2. The monoisotopic (exact) mass is 179 g/mol. The van der Waals surface area contributed by atoms with Crippen molar-refractivity contribution in [1.29, 1.82) is 0 Å². The maximum absolute atomic E-state index is 11.9. The Kier molecular flexibility index (Phi) is 2.37. The van der Waals surface area contributed by atoms with E-state index in [-0.39, 0.29) is 0 Å². The molecule has 0 radical (unpaired) electrons. The normalized spacial score (nSPS) is 12.0. The summed E-state index contributed by atoms with van der Waals surface area (Å²) in [4.78, 5) is 5.34. The van der Waals surface area contributed by atoms with Gasteiger partial charge in [0.15, 0.2) is 0 Å². The highest BCUT2D eigenvalue weighted by atomic mass is 19.4. The van der Waals surface area contributed by atoms with E-state index in [1.165, 1.54) is 6.20 Å². The molecular formula is C6H8F3N3. The molecule has 0 aliphatic heterocycles. The van der Waals surface area contributed by atoms with Gasteiger partial charge in [-0.25, -0.2) is 4.98 Å². The molecule has 0 saturated carbocycles. The first-order valence-electron chi connectivity index (χ1n) is 3.29. The standard InChI is InChI=1S/C6H8F3N3/c1-10-2-4-3-11-5(12-4)6(7,8)9/h3,10H,2H2,1H3,(H,11,12). The fourth-order valence-electron chi connectivity index (χ4n) is 0.783. The van der Waals surface area contributed by atoms with E-state index in [2.05, 4.69) is 15.3 Å². The number of rotatable bonds is 2. The van der Waals surface area contributed by atoms with Gasteiger partial charge in [0.1, 0.15) is 0 Å². The summed E-state index contributed by atoms with van der Waals surface area (Å²) in [5.74, 6) is -0.951. The topological polar surface area (TPSA) is 40.7 Å². The minimum Gasteiger partial charge on any atom is -0.337 e. The molecule has 1 aromatic heterocycles. The van der Waals surface area contributed by atoms with Gasteiger partial charge in [0, 0.05) is 18.4 Å². The zero-order valence-corrected chi connectivity index (χ0v) is 6.37. The van der Waals surface area contributed by atoms with Crippen molar-refractivity contribution in [2.75, 3.05) is 7.05 Å². The minimum atomic E-state index is -4.38. The summed E-state index contributed by atoms with van der Waals surface area (Å²) in [5.41, 5.74) is 0.421. The van der Waals surface area contributed by atoms with Crippen molar-refractivity contribution >= 4 is 0 Å². The van der Waals surface area contributed by atoms with Gasteiger partial charge in [-0.05, 0) is 7.05 Å². The van der Waals surface area contributed by atoms with E-state index in [4.69, 9.17) is 0 Å². The number of hydrogen-bond donors (Lipinski definition) is 2. The second kappa shape index (κ2) is 3.14. The van der Waals surface area contributed by atoms with Crippen molar-refractivity contribution in [3.8, 4) is 0 Å². The van der Waals surface area contributed by atoms with Crippen LogP contribution in [0.4, 0.5) is 13.2 Å². The van der Waals surface area contributed by atoms with Gasteiger partial charge >= 0.3 is 6.18 Å². The van der Waals surface area contributed by atoms with E-state index >= 15 is 0 Å². The predicted octanol–water partition coefficient (Wildman–Crippen LogP) is 1.15. The van der Waals surface area contributed by atoms with E-state index in [1.54, 1.807) is 7.05 Å². The molecule has 6 heteroatoms. The fourth-order valence-corrected chi connectivity index (χ4v) is 0.783. The molecule has 0 aromatic carbocycles. The van der Waals surface area contributed by atoms with Gasteiger partial charge in [-0.3, -0.25) is 0 Å². The van der Waals surface area contributed by atoms with Gasteiger partial charge in [-0.2, -0.15) is 13.2 Å². The van der Waals surface area contributed by atoms with Crippen LogP contribution < -0.4 is 5.32 Å². The van der Waals surface area contributed by atoms with Gasteiger partial charge < -0.3 is 10.3 Å². The predicted molar refractivity (Wildman–Crippen MR) is 36.4 cm³/mol. The number of nitrogens with zero attached hydrogens (tertiary/aromatic N) is 1. The molecule has 0 bridgehead atoms. The first-order chi connectivity index (χ1) is 5.54. The molecule has 2 N–H and O–H groups in total. The Morgan fingerprint density at radius 1 is 1.58 bits per heavy atom. The van der Waals surface area contributed by atoms with Crippen LogP contribution in [0, 0.1) is 0 Å². The Hall–Kier alpha value is -1.04. The Morgan fingerprint density at radius 2 is 2.25 bits per heavy atom. The molecule has 1 rings (SSSR count). The third-order valence-corrected chi connectivity index (χ3v) is 1.26. The summed E-state index contributed by atoms with van der Waals surface area (Å²) >= 11 is 0. The Morgan fingerprint density at radius 3 is 2.67 bits per heavy atom. The lowest BCUT2D eigenvalue weighted by atomic mass is 10.5. The quantitative estimate of drug-likeness (QED) is 0.714. The molecule has 0 saturated heterocycles. The zero-order chi connectivity index (χ0) is 9.19. The van der Waals surface area contributed by atoms with Crippen LogP contribution in [0.1, 0.15) is 11.5 Å². The third kappa shape index (κ3) is 1.97. The SMILES string of the molecule is CNCc1cnc(C(F)(F)F)[nH]1. The molecule has 0 fully saturated rings. The van der Waals surface area contributed by atoms with Crippen molar-refractivity contribution in [2.24, 2.45) is 0 Å². The molecule has 0 aliphatic carbocycles. The second-order valence-corrected chi connectivity index (χ2v) is 2.29. The van der Waals surface area contributed by atoms with Gasteiger partial charge in [-0.1, -0.05) is 0 Å². The smallest absolute Gasteiger partial charge is 0.337 e. The van der Waals surface area contributed by atoms with Crippen LogP contribution in [0.2, 0.25) is 0 Å². The maximum atomic E-state index is 11.9. The van der Waals surface area contributed by atoms with E-state index in [9.17, 15) is 13.2 Å². The molecule has 0 atom stereocenters. The number of aromatic nitrogens is 2. The number of imidazole rings is 1. The number of alkyl halides is 3. The van der Waals surface area contributed by atoms with E-state index in [0.29, 0.717) is 12.2 Å². The Bertz CT molecular complexity index is 253. The van der Waals surface area contributed by atoms with E-state index in [0.717, 1.165) is 0 Å². The van der Waals surface area contributed by atoms with Crippen molar-refractivity contribution in [1.82, 2.24) is 15.3 Å². The number of aromatic amines is 1. The van der Waals surface area contributed by atoms with Crippen LogP contribution >= 0.6 is 0 Å². The summed E-state index contributed by atoms with van der Waals surface area (Å²) in [6, 6.07) is 0. The average Bonchev–Trinajstić information content (AvgIpc) is 2.35. The molecule has 1 heterocycles. The van der Waals surface area contributed by atoms with Crippen LogP contribution in [0.3, 0.4) is 0 Å². The second-order valence-electron chi connectivity index (χ2n) is 2.29. The van der Waals surface area contributed by atoms with Crippen LogP contribution in [0.25, 0.3) is 0 Å². The Labute approximate surface area is 67.0 Å². The molecule has 0 aliphatic rings. The number of H-pyrrole nitrogens is 1. The van der Waals surface area contributed by atoms with Crippen LogP contribution in [-0.4, -0.2) is 17.0 Å². The van der Waals surface area contributed by atoms with Crippen LogP contribution in [-0.2, 0) is 12.7 Å². The van der Waals surface area contributed by atoms with Crippen molar-refractivity contribution in [3.05, 3.63) is 17.7 Å². The zero-order valence-electron chi connectivity index (χ0n) is 6.37. The highest BCUT2D eigenvalue weighted by Gasteiger charge is 2.34. The molecule has 0 spiro atoms. The van der Waals surface area contributed by atoms with E-state index < -0.39 is 12.0 Å². The number of nitrogens with one attached hydrogen (secondary N) is 2. The lowest BCUT2D eigenvalue weighted by Gasteiger charge is -2.00. The molecule has 12 heavy (non-hydrogen) atoms. The van der Waals surface area contributed by atoms with Crippen molar-refractivity contribution in [2.45, 2.75) is 12.7 Å². The first kappa shape index (κ1) is 9.05. The lowest BCUT2D eigenvalue weighted by Crippen LogP contribution is -2.09. The molecule has 0 unspecified atom stereocenters. The lowest BCUT2D eigenvalue weighted by molar-refractivity contribution is -0.144. The molecule has 0 amide bonds. The molecular weight excluding hydrogens is 171 g/mol. The van der Waals surface area contributed by atoms with Crippen LogP contribution in [0.15, 0.2) is 6.20 Å². The summed E-state index contributed by atoms with van der Waals surface area (Å²) in [6.45, 7) is 0.350. The highest BCUT2D eigenvalue weighted by molar-refractivity contribution is 5.03. The third-order valence-electron chi connectivity index (χ3n) is 1.26. The maximum Gasteiger partial charge on any atom is 0.449 e. The van der Waals surface area contributed by atoms with Crippen molar-refractivity contribution in [3.63, 3.8) is 0 Å². The van der Waals surface area contributed by atoms with Crippen molar-refractivity contribution < 1.29 is 13.2 Å². The van der Waals surface area contributed by atoms with Gasteiger partial charge in [-0.15, -0.1) is 0 Å². The summed E-state index contributed by atoms with van der Waals surface area (Å²) in [7, 11) is 1.65. The molecule has 3 nitrogen and oxygen atoms in total. The molecule has 68 valence electrons. The average molecular weight is 179 g/mol. The van der Waals surface area contributed by atoms with Gasteiger partial charge in [0.2, 0.25) is 5.82 Å². The summed E-state index contributed by atoms with van der Waals surface area (Å²) < 4.78 is 35.8.